The first-order valence-corrected chi connectivity index (χ1v) is 12.5. The van der Waals surface area contributed by atoms with Crippen molar-refractivity contribution in [2.45, 2.75) is 24.2 Å². The highest BCUT2D eigenvalue weighted by molar-refractivity contribution is 7.89. The SMILES string of the molecule is CCOc1cc(-c2cc(C(F)(F)F)n3ncc(OC(=O)Nc4cccc(S(N)(=O)=O)c4)c3n2)ccc1C(F)(F)F. The van der Waals surface area contributed by atoms with Crippen molar-refractivity contribution in [1.82, 2.24) is 14.6 Å². The minimum absolute atomic E-state index is 0.0640. The molecule has 0 fully saturated rings. The Bertz CT molecular complexity index is 1700. The van der Waals surface area contributed by atoms with E-state index in [0.29, 0.717) is 16.6 Å². The Hall–Kier alpha value is -4.38. The summed E-state index contributed by atoms with van der Waals surface area (Å²) in [6, 6.07) is 7.79. The van der Waals surface area contributed by atoms with Gasteiger partial charge in [-0.3, -0.25) is 5.32 Å². The number of sulfonamides is 1. The van der Waals surface area contributed by atoms with Crippen molar-refractivity contribution in [2.24, 2.45) is 5.14 Å². The van der Waals surface area contributed by atoms with Crippen molar-refractivity contribution in [3.8, 4) is 22.8 Å². The number of hydrogen-bond donors (Lipinski definition) is 2. The summed E-state index contributed by atoms with van der Waals surface area (Å²) in [5, 5.41) is 10.8. The molecule has 0 radical (unpaired) electrons. The molecule has 2 aromatic heterocycles. The number of anilines is 1. The molecular weight excluding hydrogens is 572 g/mol. The molecule has 0 bridgehead atoms. The lowest BCUT2D eigenvalue weighted by atomic mass is 10.1. The zero-order valence-corrected chi connectivity index (χ0v) is 20.9. The smallest absolute Gasteiger partial charge is 0.433 e. The van der Waals surface area contributed by atoms with Crippen LogP contribution in [0.5, 0.6) is 11.5 Å². The lowest BCUT2D eigenvalue weighted by Crippen LogP contribution is -2.18. The topological polar surface area (TPSA) is 138 Å². The van der Waals surface area contributed by atoms with Gasteiger partial charge in [0.05, 0.1) is 29.0 Å². The van der Waals surface area contributed by atoms with Crippen LogP contribution >= 0.6 is 0 Å². The maximum atomic E-state index is 13.9. The average molecular weight is 589 g/mol. The number of rotatable bonds is 6. The van der Waals surface area contributed by atoms with Crippen LogP contribution in [0.4, 0.5) is 36.8 Å². The molecule has 1 amide bonds. The van der Waals surface area contributed by atoms with Crippen molar-refractivity contribution in [1.29, 1.82) is 0 Å². The van der Waals surface area contributed by atoms with E-state index in [1.807, 2.05) is 0 Å². The van der Waals surface area contributed by atoms with Crippen molar-refractivity contribution < 1.29 is 49.0 Å². The first-order valence-electron chi connectivity index (χ1n) is 11.0. The molecule has 0 aliphatic carbocycles. The summed E-state index contributed by atoms with van der Waals surface area (Å²) in [6.07, 6.45) is -10.2. The van der Waals surface area contributed by atoms with Gasteiger partial charge in [0.2, 0.25) is 10.0 Å². The van der Waals surface area contributed by atoms with E-state index in [1.54, 1.807) is 0 Å². The summed E-state index contributed by atoms with van der Waals surface area (Å²) in [5.74, 6) is -1.15. The number of carbonyl (C=O) groups is 1. The minimum atomic E-state index is -5.00. The van der Waals surface area contributed by atoms with Gasteiger partial charge in [0.15, 0.2) is 17.1 Å². The Morgan fingerprint density at radius 2 is 1.75 bits per heavy atom. The Labute approximate surface area is 221 Å². The zero-order valence-electron chi connectivity index (χ0n) is 20.0. The van der Waals surface area contributed by atoms with Crippen LogP contribution in [0.1, 0.15) is 18.2 Å². The molecule has 2 aromatic carbocycles. The molecule has 40 heavy (non-hydrogen) atoms. The predicted octanol–water partition coefficient (Wildman–Crippen LogP) is 5.09. The summed E-state index contributed by atoms with van der Waals surface area (Å²) >= 11 is 0. The van der Waals surface area contributed by atoms with E-state index < -0.39 is 62.6 Å². The molecule has 0 unspecified atom stereocenters. The van der Waals surface area contributed by atoms with E-state index in [4.69, 9.17) is 14.6 Å². The Morgan fingerprint density at radius 3 is 2.38 bits per heavy atom. The number of halogens is 6. The third-order valence-electron chi connectivity index (χ3n) is 5.22. The number of fused-ring (bicyclic) bond motifs is 1. The van der Waals surface area contributed by atoms with E-state index in [1.165, 1.54) is 25.1 Å². The van der Waals surface area contributed by atoms with Crippen molar-refractivity contribution in [3.05, 3.63) is 66.0 Å². The molecule has 0 atom stereocenters. The van der Waals surface area contributed by atoms with Gasteiger partial charge in [0.25, 0.3) is 0 Å². The molecule has 2 heterocycles. The second-order valence-electron chi connectivity index (χ2n) is 8.00. The van der Waals surface area contributed by atoms with Gasteiger partial charge < -0.3 is 9.47 Å². The van der Waals surface area contributed by atoms with E-state index in [-0.39, 0.29) is 22.8 Å². The highest BCUT2D eigenvalue weighted by Gasteiger charge is 2.37. The Kier molecular flexibility index (Phi) is 7.37. The van der Waals surface area contributed by atoms with Gasteiger partial charge in [0, 0.05) is 11.3 Å². The van der Waals surface area contributed by atoms with Crippen LogP contribution in [-0.2, 0) is 22.4 Å². The Morgan fingerprint density at radius 1 is 1.02 bits per heavy atom. The summed E-state index contributed by atoms with van der Waals surface area (Å²) < 4.78 is 115. The fourth-order valence-corrected chi connectivity index (χ4v) is 4.11. The predicted molar refractivity (Wildman–Crippen MR) is 127 cm³/mol. The summed E-state index contributed by atoms with van der Waals surface area (Å²) in [4.78, 5) is 16.2. The number of benzene rings is 2. The molecule has 4 rings (SSSR count). The van der Waals surface area contributed by atoms with Gasteiger partial charge in [-0.1, -0.05) is 12.1 Å². The summed E-state index contributed by atoms with van der Waals surface area (Å²) in [6.45, 7) is 1.29. The standard InChI is InChI=1S/C23H17F6N5O5S/c1-2-38-17-8-12(6-7-15(17)22(24,25)26)16-10-19(23(27,28)29)34-20(33-16)18(11-31-34)39-21(35)32-13-4-3-5-14(9-13)40(30,36)37/h3-11H,2H2,1H3,(H,32,35)(H2,30,36,37). The van der Waals surface area contributed by atoms with Gasteiger partial charge in [0.1, 0.15) is 5.75 Å². The van der Waals surface area contributed by atoms with Gasteiger partial charge >= 0.3 is 18.4 Å². The number of hydrogen-bond acceptors (Lipinski definition) is 7. The average Bonchev–Trinajstić information content (AvgIpc) is 3.24. The van der Waals surface area contributed by atoms with Crippen molar-refractivity contribution in [2.75, 3.05) is 11.9 Å². The molecule has 0 saturated carbocycles. The normalized spacial score (nSPS) is 12.4. The largest absolute Gasteiger partial charge is 0.493 e. The number of nitrogens with one attached hydrogen (secondary N) is 1. The van der Waals surface area contributed by atoms with Gasteiger partial charge in [-0.2, -0.15) is 31.4 Å². The summed E-state index contributed by atoms with van der Waals surface area (Å²) in [5.41, 5.74) is -3.71. The van der Waals surface area contributed by atoms with Gasteiger partial charge in [-0.25, -0.2) is 27.9 Å². The monoisotopic (exact) mass is 589 g/mol. The molecule has 0 saturated heterocycles. The molecule has 3 N–H and O–H groups in total. The molecule has 0 spiro atoms. The lowest BCUT2D eigenvalue weighted by molar-refractivity contribution is -0.142. The van der Waals surface area contributed by atoms with Crippen LogP contribution in [0, 0.1) is 0 Å². The zero-order chi connectivity index (χ0) is 29.5. The quantitative estimate of drug-likeness (QED) is 0.299. The lowest BCUT2D eigenvalue weighted by Gasteiger charge is -2.15. The fourth-order valence-electron chi connectivity index (χ4n) is 3.55. The second-order valence-corrected chi connectivity index (χ2v) is 9.56. The first-order chi connectivity index (χ1) is 18.6. The van der Waals surface area contributed by atoms with E-state index in [2.05, 4.69) is 15.4 Å². The molecule has 212 valence electrons. The Balaban J connectivity index is 1.75. The third kappa shape index (κ3) is 6.09. The molecule has 0 aliphatic rings. The number of alkyl halides is 6. The molecule has 10 nitrogen and oxygen atoms in total. The van der Waals surface area contributed by atoms with Crippen molar-refractivity contribution >= 4 is 27.5 Å². The highest BCUT2D eigenvalue weighted by atomic mass is 32.2. The number of ether oxygens (including phenoxy) is 2. The van der Waals surface area contributed by atoms with Crippen LogP contribution < -0.4 is 19.9 Å². The number of primary sulfonamides is 1. The van der Waals surface area contributed by atoms with Gasteiger partial charge in [-0.15, -0.1) is 0 Å². The summed E-state index contributed by atoms with van der Waals surface area (Å²) in [7, 11) is -4.10. The number of nitrogens with two attached hydrogens (primary N) is 1. The molecule has 0 aliphatic heterocycles. The molecular formula is C23H17F6N5O5S. The first kappa shape index (κ1) is 28.6. The van der Waals surface area contributed by atoms with Crippen LogP contribution in [0.2, 0.25) is 0 Å². The maximum Gasteiger partial charge on any atom is 0.433 e. The maximum absolute atomic E-state index is 13.9. The van der Waals surface area contributed by atoms with E-state index >= 15 is 0 Å². The number of carbonyl (C=O) groups excluding carboxylic acids is 1. The number of aromatic nitrogens is 3. The van der Waals surface area contributed by atoms with E-state index in [0.717, 1.165) is 24.4 Å². The van der Waals surface area contributed by atoms with Gasteiger partial charge in [-0.05, 0) is 43.3 Å². The van der Waals surface area contributed by atoms with Crippen LogP contribution in [0.3, 0.4) is 0 Å². The fraction of sp³-hybridized carbons (Fsp3) is 0.174. The molecule has 4 aromatic rings. The number of nitrogens with zero attached hydrogens (tertiary/aromatic N) is 3. The van der Waals surface area contributed by atoms with E-state index in [9.17, 15) is 39.6 Å². The third-order valence-corrected chi connectivity index (χ3v) is 6.14. The number of amides is 1. The van der Waals surface area contributed by atoms with Crippen molar-refractivity contribution in [3.63, 3.8) is 0 Å². The van der Waals surface area contributed by atoms with Crippen LogP contribution in [0.15, 0.2) is 59.6 Å². The molecule has 17 heteroatoms. The highest BCUT2D eigenvalue weighted by Crippen LogP contribution is 2.40. The minimum Gasteiger partial charge on any atom is -0.493 e. The van der Waals surface area contributed by atoms with Crippen LogP contribution in [0.25, 0.3) is 16.9 Å². The second kappa shape index (κ2) is 10.3. The van der Waals surface area contributed by atoms with Crippen LogP contribution in [-0.4, -0.2) is 35.7 Å².